The van der Waals surface area contributed by atoms with Gasteiger partial charge in [0.1, 0.15) is 28.7 Å². The molecule has 0 aromatic heterocycles. The maximum absolute atomic E-state index is 12.1. The molecule has 1 aromatic rings. The molecule has 2 aliphatic heterocycles. The van der Waals surface area contributed by atoms with Crippen molar-refractivity contribution in [2.24, 2.45) is 0 Å². The van der Waals surface area contributed by atoms with Crippen LogP contribution in [0.15, 0.2) is 75.9 Å². The molecule has 0 amide bonds. The molecular weight excluding hydrogens is 715 g/mol. The second-order valence-electron chi connectivity index (χ2n) is 12.6. The molecule has 0 saturated carbocycles. The van der Waals surface area contributed by atoms with Crippen molar-refractivity contribution in [3.8, 4) is 11.3 Å². The third-order valence-corrected chi connectivity index (χ3v) is 10.9. The van der Waals surface area contributed by atoms with Gasteiger partial charge in [0.25, 0.3) is 10.1 Å². The van der Waals surface area contributed by atoms with Gasteiger partial charge < -0.3 is 19.2 Å². The predicted molar refractivity (Wildman–Crippen MR) is 191 cm³/mol. The first-order valence-electron chi connectivity index (χ1n) is 16.4. The number of carboxylic acids is 1. The van der Waals surface area contributed by atoms with Gasteiger partial charge in [-0.2, -0.15) is 8.42 Å². The van der Waals surface area contributed by atoms with E-state index in [4.69, 9.17) is 14.3 Å². The number of sulfone groups is 1. The summed E-state index contributed by atoms with van der Waals surface area (Å²) in [4.78, 5) is 13.0. The number of methoxy groups -OCH3 is 1. The van der Waals surface area contributed by atoms with Gasteiger partial charge in [-0.15, -0.1) is 0 Å². The van der Waals surface area contributed by atoms with E-state index in [0.29, 0.717) is 57.7 Å². The Morgan fingerprint density at radius 1 is 1.04 bits per heavy atom. The van der Waals surface area contributed by atoms with E-state index in [9.17, 15) is 26.2 Å². The summed E-state index contributed by atoms with van der Waals surface area (Å²) in [5.41, 5.74) is 3.70. The first kappa shape index (κ1) is 45.4. The molecule has 0 saturated heterocycles. The summed E-state index contributed by atoms with van der Waals surface area (Å²) in [5, 5.41) is 10.0. The average Bonchev–Trinajstić information content (AvgIpc) is 3.27. The van der Waals surface area contributed by atoms with Crippen LogP contribution in [-0.2, 0) is 34.9 Å². The summed E-state index contributed by atoms with van der Waals surface area (Å²) in [5.74, 6) is -0.00888. The quantitative estimate of drug-likeness (QED) is 0.0776. The van der Waals surface area contributed by atoms with Gasteiger partial charge in [-0.25, -0.2) is 13.0 Å². The Kier molecular flexibility index (Phi) is 17.8. The van der Waals surface area contributed by atoms with Crippen LogP contribution in [0, 0.1) is 0 Å². The summed E-state index contributed by atoms with van der Waals surface area (Å²) in [6.07, 6.45) is 12.0. The standard InChI is InChI=1S/C36H46N2O9S2.2Na/c1-5-37(20-10-24-48(4,41)42)28-14-16-30-27(18-22-47-33(30)25-28)11-9-12-34-36(2,19-23-46-3)31-26-29(49(43,44)45)15-17-32(31)38(34)21-8-6-7-13-35(39)40;;/h9,11-12,14-18,22,25-26H,5-8,10,13,19-21,23-24H2,1-4H3,(H-,39,40,43,44,45);;/q;2*+1/p+1. The van der Waals surface area contributed by atoms with E-state index in [-0.39, 0.29) is 76.2 Å². The van der Waals surface area contributed by atoms with E-state index in [1.54, 1.807) is 19.4 Å². The smallest absolute Gasteiger partial charge is 0.481 e. The number of aliphatic carboxylic acids is 1. The molecule has 51 heavy (non-hydrogen) atoms. The van der Waals surface area contributed by atoms with E-state index >= 15 is 0 Å². The number of hydrogen-bond donors (Lipinski definition) is 2. The molecule has 2 N–H and O–H groups in total. The average molecular weight is 762 g/mol. The Balaban J connectivity index is 0.00000451. The van der Waals surface area contributed by atoms with Gasteiger partial charge in [0.15, 0.2) is 0 Å². The SMILES string of the molecule is CC[N+](CCCS(C)(=O)=O)=c1ccc2c(/C=C/C=C3/N(CCCCCC(=O)O)c4ccc(S(=O)(=O)O)cc4C3(C)CCOC)ccoc-2c1.[Na+].[Na+]. The van der Waals surface area contributed by atoms with Crippen molar-refractivity contribution in [3.05, 3.63) is 83.1 Å². The Labute approximate surface area is 346 Å². The number of carbonyl (C=O) groups is 1. The molecule has 2 heterocycles. The molecule has 0 radical (unpaired) electrons. The van der Waals surface area contributed by atoms with E-state index in [0.717, 1.165) is 39.9 Å². The second kappa shape index (κ2) is 20.1. The number of carboxylic acid groups (broad SMARTS) is 1. The molecule has 1 atom stereocenters. The maximum Gasteiger partial charge on any atom is 1.00 e. The van der Waals surface area contributed by atoms with Crippen molar-refractivity contribution in [1.82, 2.24) is 4.58 Å². The van der Waals surface area contributed by atoms with E-state index in [2.05, 4.69) is 9.48 Å². The van der Waals surface area contributed by atoms with Gasteiger partial charge >= 0.3 is 65.1 Å². The van der Waals surface area contributed by atoms with Gasteiger partial charge in [0.05, 0.1) is 23.0 Å². The molecule has 15 heteroatoms. The molecule has 4 rings (SSSR count). The van der Waals surface area contributed by atoms with Crippen LogP contribution in [0.1, 0.15) is 63.5 Å². The predicted octanol–water partition coefficient (Wildman–Crippen LogP) is -0.778. The van der Waals surface area contributed by atoms with Gasteiger partial charge in [0, 0.05) is 67.8 Å². The Bertz CT molecular complexity index is 1980. The van der Waals surface area contributed by atoms with Crippen molar-refractivity contribution in [3.63, 3.8) is 0 Å². The molecule has 11 nitrogen and oxygen atoms in total. The number of nitrogens with zero attached hydrogens (tertiary/aromatic N) is 2. The molecule has 0 spiro atoms. The van der Waals surface area contributed by atoms with Crippen molar-refractivity contribution in [1.29, 1.82) is 0 Å². The van der Waals surface area contributed by atoms with Crippen LogP contribution in [0.4, 0.5) is 5.69 Å². The molecule has 0 bridgehead atoms. The molecule has 1 aromatic carbocycles. The third-order valence-electron chi connectivity index (χ3n) is 9.02. The van der Waals surface area contributed by atoms with Crippen molar-refractivity contribution >= 4 is 37.7 Å². The van der Waals surface area contributed by atoms with Crippen molar-refractivity contribution in [2.75, 3.05) is 50.3 Å². The van der Waals surface area contributed by atoms with Crippen LogP contribution in [0.2, 0.25) is 0 Å². The summed E-state index contributed by atoms with van der Waals surface area (Å²) in [6, 6.07) is 12.5. The molecule has 1 unspecified atom stereocenters. The first-order valence-corrected chi connectivity index (χ1v) is 19.9. The molecule has 266 valence electrons. The van der Waals surface area contributed by atoms with Gasteiger partial charge in [-0.1, -0.05) is 18.6 Å². The largest absolute Gasteiger partial charge is 1.00 e. The number of rotatable bonds is 17. The Morgan fingerprint density at radius 2 is 1.78 bits per heavy atom. The monoisotopic (exact) mass is 761 g/mol. The normalized spacial score (nSPS) is 17.4. The minimum absolute atomic E-state index is 0. The van der Waals surface area contributed by atoms with E-state index < -0.39 is 31.3 Å². The second-order valence-corrected chi connectivity index (χ2v) is 16.3. The van der Waals surface area contributed by atoms with Crippen molar-refractivity contribution in [2.45, 2.75) is 62.7 Å². The topological polar surface area (TPSA) is 154 Å². The first-order chi connectivity index (χ1) is 23.2. The maximum atomic E-state index is 12.1. The zero-order chi connectivity index (χ0) is 35.8. The summed E-state index contributed by atoms with van der Waals surface area (Å²) in [7, 11) is -5.85. The number of ether oxygens (including phenoxy) is 1. The summed E-state index contributed by atoms with van der Waals surface area (Å²) in [6.45, 7) is 6.39. The van der Waals surface area contributed by atoms with E-state index in [1.807, 2.05) is 56.3 Å². The number of hydrogen-bond acceptors (Lipinski definition) is 8. The Morgan fingerprint density at radius 3 is 2.43 bits per heavy atom. The zero-order valence-corrected chi connectivity index (χ0v) is 36.2. The van der Waals surface area contributed by atoms with Crippen LogP contribution in [-0.4, -0.2) is 77.8 Å². The van der Waals surface area contributed by atoms with Crippen molar-refractivity contribution < 1.29 is 99.6 Å². The Hall–Kier alpha value is -1.78. The number of allylic oxidation sites excluding steroid dienone is 3. The molecule has 1 aliphatic carbocycles. The third kappa shape index (κ3) is 12.1. The van der Waals surface area contributed by atoms with Gasteiger partial charge in [-0.05, 0) is 80.6 Å². The summed E-state index contributed by atoms with van der Waals surface area (Å²) < 4.78 is 70.8. The minimum atomic E-state index is -4.43. The fourth-order valence-electron chi connectivity index (χ4n) is 6.41. The van der Waals surface area contributed by atoms with Crippen LogP contribution < -0.4 is 73.9 Å². The molecule has 0 fully saturated rings. The van der Waals surface area contributed by atoms with Crippen LogP contribution >= 0.6 is 0 Å². The number of benzene rings is 2. The fourth-order valence-corrected chi connectivity index (χ4v) is 7.58. The summed E-state index contributed by atoms with van der Waals surface area (Å²) >= 11 is 0. The van der Waals surface area contributed by atoms with Crippen LogP contribution in [0.5, 0.6) is 0 Å². The van der Waals surface area contributed by atoms with Crippen LogP contribution in [0.25, 0.3) is 17.4 Å². The molecular formula is C36H47N2Na2O9S2+3. The van der Waals surface area contributed by atoms with Crippen LogP contribution in [0.3, 0.4) is 0 Å². The number of fused-ring (bicyclic) bond motifs is 2. The number of unbranched alkanes of at least 4 members (excludes halogenated alkanes) is 2. The van der Waals surface area contributed by atoms with Gasteiger partial charge in [-0.3, -0.25) is 9.35 Å². The fraction of sp³-hybridized carbons (Fsp3) is 0.444. The molecule has 3 aliphatic rings. The minimum Gasteiger partial charge on any atom is -0.481 e. The zero-order valence-electron chi connectivity index (χ0n) is 30.6. The van der Waals surface area contributed by atoms with E-state index in [1.165, 1.54) is 18.4 Å². The number of anilines is 1. The van der Waals surface area contributed by atoms with Gasteiger partial charge in [0.2, 0.25) is 5.36 Å².